The Morgan fingerprint density at radius 2 is 2.00 bits per heavy atom. The largest absolute Gasteiger partial charge is 0.312 e. The third-order valence-electron chi connectivity index (χ3n) is 3.18. The SMILES string of the molecule is CNC(c1ccc(-c2cccnc2C)s1)C(C)C. The highest BCUT2D eigenvalue weighted by Crippen LogP contribution is 2.34. The first-order valence-corrected chi connectivity index (χ1v) is 7.14. The van der Waals surface area contributed by atoms with Crippen LogP contribution in [0, 0.1) is 12.8 Å². The van der Waals surface area contributed by atoms with Gasteiger partial charge >= 0.3 is 0 Å². The molecule has 2 aromatic rings. The van der Waals surface area contributed by atoms with E-state index in [9.17, 15) is 0 Å². The predicted octanol–water partition coefficient (Wildman–Crippen LogP) is 4.04. The van der Waals surface area contributed by atoms with E-state index in [0.717, 1.165) is 5.69 Å². The summed E-state index contributed by atoms with van der Waals surface area (Å²) in [7, 11) is 2.03. The van der Waals surface area contributed by atoms with E-state index >= 15 is 0 Å². The number of aryl methyl sites for hydroxylation is 1. The van der Waals surface area contributed by atoms with Crippen LogP contribution in [0.4, 0.5) is 0 Å². The molecule has 2 nitrogen and oxygen atoms in total. The maximum absolute atomic E-state index is 4.36. The normalized spacial score (nSPS) is 12.9. The first kappa shape index (κ1) is 13.2. The van der Waals surface area contributed by atoms with Crippen molar-refractivity contribution in [2.75, 3.05) is 7.05 Å². The van der Waals surface area contributed by atoms with Gasteiger partial charge in [-0.3, -0.25) is 4.98 Å². The lowest BCUT2D eigenvalue weighted by Gasteiger charge is -2.18. The molecule has 18 heavy (non-hydrogen) atoms. The standard InChI is InChI=1S/C15H20N2S/c1-10(2)15(16-4)14-8-7-13(18-14)12-6-5-9-17-11(12)3/h5-10,15-16H,1-4H3. The van der Waals surface area contributed by atoms with Crippen molar-refractivity contribution in [2.24, 2.45) is 5.92 Å². The Bertz CT molecular complexity index is 517. The molecular weight excluding hydrogens is 240 g/mol. The zero-order valence-corrected chi connectivity index (χ0v) is 12.2. The van der Waals surface area contributed by atoms with E-state index in [1.807, 2.05) is 30.6 Å². The Hall–Kier alpha value is -1.19. The summed E-state index contributed by atoms with van der Waals surface area (Å²) in [5, 5.41) is 3.39. The first-order valence-electron chi connectivity index (χ1n) is 6.32. The van der Waals surface area contributed by atoms with Gasteiger partial charge in [0.1, 0.15) is 0 Å². The lowest BCUT2D eigenvalue weighted by Crippen LogP contribution is -2.20. The number of rotatable bonds is 4. The molecule has 1 N–H and O–H groups in total. The molecule has 2 heterocycles. The maximum Gasteiger partial charge on any atom is 0.0459 e. The van der Waals surface area contributed by atoms with E-state index in [1.165, 1.54) is 15.3 Å². The summed E-state index contributed by atoms with van der Waals surface area (Å²) in [6.07, 6.45) is 1.85. The van der Waals surface area contributed by atoms with Gasteiger partial charge in [0.2, 0.25) is 0 Å². The smallest absolute Gasteiger partial charge is 0.0459 e. The molecule has 0 aromatic carbocycles. The van der Waals surface area contributed by atoms with Gasteiger partial charge in [-0.15, -0.1) is 11.3 Å². The van der Waals surface area contributed by atoms with Crippen LogP contribution in [0.1, 0.15) is 30.5 Å². The zero-order valence-electron chi connectivity index (χ0n) is 11.4. The minimum Gasteiger partial charge on any atom is -0.312 e. The van der Waals surface area contributed by atoms with Crippen molar-refractivity contribution in [1.29, 1.82) is 0 Å². The van der Waals surface area contributed by atoms with Crippen molar-refractivity contribution >= 4 is 11.3 Å². The number of pyridine rings is 1. The van der Waals surface area contributed by atoms with E-state index in [0.29, 0.717) is 12.0 Å². The van der Waals surface area contributed by atoms with Crippen molar-refractivity contribution in [2.45, 2.75) is 26.8 Å². The molecule has 0 aliphatic heterocycles. The predicted molar refractivity (Wildman–Crippen MR) is 78.9 cm³/mol. The van der Waals surface area contributed by atoms with Crippen molar-refractivity contribution in [3.63, 3.8) is 0 Å². The second-order valence-electron chi connectivity index (χ2n) is 4.85. The fourth-order valence-electron chi connectivity index (χ4n) is 2.21. The Balaban J connectivity index is 2.34. The summed E-state index contributed by atoms with van der Waals surface area (Å²) in [4.78, 5) is 7.05. The highest BCUT2D eigenvalue weighted by Gasteiger charge is 2.16. The molecule has 1 unspecified atom stereocenters. The van der Waals surface area contributed by atoms with Crippen molar-refractivity contribution in [3.8, 4) is 10.4 Å². The van der Waals surface area contributed by atoms with Gasteiger partial charge in [-0.1, -0.05) is 19.9 Å². The number of nitrogens with zero attached hydrogens (tertiary/aromatic N) is 1. The van der Waals surface area contributed by atoms with Crippen LogP contribution in [0.15, 0.2) is 30.5 Å². The van der Waals surface area contributed by atoms with Crippen molar-refractivity contribution in [3.05, 3.63) is 41.0 Å². The van der Waals surface area contributed by atoms with Gasteiger partial charge < -0.3 is 5.32 Å². The third kappa shape index (κ3) is 2.62. The van der Waals surface area contributed by atoms with Crippen LogP contribution in [-0.2, 0) is 0 Å². The van der Waals surface area contributed by atoms with Gasteiger partial charge in [-0.25, -0.2) is 0 Å². The topological polar surface area (TPSA) is 24.9 Å². The Kier molecular flexibility index (Phi) is 4.15. The number of nitrogens with one attached hydrogen (secondary N) is 1. The van der Waals surface area contributed by atoms with E-state index in [4.69, 9.17) is 0 Å². The van der Waals surface area contributed by atoms with Gasteiger partial charge in [-0.2, -0.15) is 0 Å². The van der Waals surface area contributed by atoms with E-state index < -0.39 is 0 Å². The molecule has 3 heteroatoms. The number of thiophene rings is 1. The molecule has 0 saturated carbocycles. The van der Waals surface area contributed by atoms with Gasteiger partial charge in [0.05, 0.1) is 0 Å². The fraction of sp³-hybridized carbons (Fsp3) is 0.400. The molecule has 0 fully saturated rings. The molecule has 1 atom stereocenters. The van der Waals surface area contributed by atoms with E-state index in [1.54, 1.807) is 0 Å². The molecule has 0 spiro atoms. The lowest BCUT2D eigenvalue weighted by atomic mass is 10.0. The second-order valence-corrected chi connectivity index (χ2v) is 5.96. The van der Waals surface area contributed by atoms with Crippen LogP contribution in [0.5, 0.6) is 0 Å². The monoisotopic (exact) mass is 260 g/mol. The third-order valence-corrected chi connectivity index (χ3v) is 4.38. The molecule has 0 aliphatic rings. The summed E-state index contributed by atoms with van der Waals surface area (Å²) in [5.41, 5.74) is 2.34. The maximum atomic E-state index is 4.36. The quantitative estimate of drug-likeness (QED) is 0.897. The summed E-state index contributed by atoms with van der Waals surface area (Å²) < 4.78 is 0. The number of hydrogen-bond acceptors (Lipinski definition) is 3. The van der Waals surface area contributed by atoms with Gasteiger partial charge in [0.25, 0.3) is 0 Å². The molecule has 0 aliphatic carbocycles. The zero-order chi connectivity index (χ0) is 13.1. The molecule has 0 amide bonds. The Labute approximate surface area is 113 Å². The molecule has 0 bridgehead atoms. The van der Waals surface area contributed by atoms with Crippen molar-refractivity contribution < 1.29 is 0 Å². The van der Waals surface area contributed by atoms with Crippen LogP contribution in [0.3, 0.4) is 0 Å². The molecule has 0 radical (unpaired) electrons. The summed E-state index contributed by atoms with van der Waals surface area (Å²) in [6.45, 7) is 6.55. The van der Waals surface area contributed by atoms with Crippen LogP contribution < -0.4 is 5.32 Å². The number of hydrogen-bond donors (Lipinski definition) is 1. The second kappa shape index (κ2) is 5.63. The van der Waals surface area contributed by atoms with Gasteiger partial charge in [-0.05, 0) is 38.1 Å². The van der Waals surface area contributed by atoms with E-state index in [-0.39, 0.29) is 0 Å². The van der Waals surface area contributed by atoms with Gasteiger partial charge in [0.15, 0.2) is 0 Å². The molecular formula is C15H20N2S. The molecule has 2 rings (SSSR count). The summed E-state index contributed by atoms with van der Waals surface area (Å²) in [6, 6.07) is 9.01. The average molecular weight is 260 g/mol. The fourth-order valence-corrected chi connectivity index (χ4v) is 3.58. The lowest BCUT2D eigenvalue weighted by molar-refractivity contribution is 0.449. The van der Waals surface area contributed by atoms with E-state index in [2.05, 4.69) is 49.3 Å². The minimum atomic E-state index is 0.431. The highest BCUT2D eigenvalue weighted by molar-refractivity contribution is 7.15. The highest BCUT2D eigenvalue weighted by atomic mass is 32.1. The van der Waals surface area contributed by atoms with Crippen LogP contribution in [0.2, 0.25) is 0 Å². The minimum absolute atomic E-state index is 0.431. The van der Waals surface area contributed by atoms with Crippen molar-refractivity contribution in [1.82, 2.24) is 10.3 Å². The van der Waals surface area contributed by atoms with Crippen LogP contribution in [-0.4, -0.2) is 12.0 Å². The van der Waals surface area contributed by atoms with Crippen LogP contribution >= 0.6 is 11.3 Å². The molecule has 0 saturated heterocycles. The Morgan fingerprint density at radius 1 is 1.22 bits per heavy atom. The Morgan fingerprint density at radius 3 is 2.61 bits per heavy atom. The molecule has 2 aromatic heterocycles. The summed E-state index contributed by atoms with van der Waals surface area (Å²) in [5.74, 6) is 0.594. The van der Waals surface area contributed by atoms with Gasteiger partial charge in [0, 0.05) is 33.3 Å². The number of aromatic nitrogens is 1. The van der Waals surface area contributed by atoms with Crippen LogP contribution in [0.25, 0.3) is 10.4 Å². The molecule has 96 valence electrons. The summed E-state index contributed by atoms with van der Waals surface area (Å²) >= 11 is 1.86. The average Bonchev–Trinajstić information content (AvgIpc) is 2.79. The first-order chi connectivity index (χ1) is 8.63.